The molecule has 1 saturated heterocycles. The lowest BCUT2D eigenvalue weighted by molar-refractivity contribution is 0.308. The van der Waals surface area contributed by atoms with Gasteiger partial charge >= 0.3 is 0 Å². The molecule has 2 N–H and O–H groups in total. The molecule has 0 amide bonds. The van der Waals surface area contributed by atoms with Crippen LogP contribution >= 0.6 is 0 Å². The first kappa shape index (κ1) is 11.8. The Hall–Kier alpha value is -1.32. The molecule has 1 aromatic carbocycles. The van der Waals surface area contributed by atoms with Gasteiger partial charge in [0, 0.05) is 30.1 Å². The van der Waals surface area contributed by atoms with E-state index in [0.29, 0.717) is 12.0 Å². The van der Waals surface area contributed by atoms with Crippen LogP contribution in [0.1, 0.15) is 18.9 Å². The second kappa shape index (κ2) is 4.75. The molecule has 0 saturated carbocycles. The van der Waals surface area contributed by atoms with E-state index in [1.807, 2.05) is 18.4 Å². The van der Waals surface area contributed by atoms with Gasteiger partial charge < -0.3 is 10.2 Å². The number of benzene rings is 1. The van der Waals surface area contributed by atoms with Crippen LogP contribution in [0.15, 0.2) is 34.9 Å². The SMILES string of the molecule is CC(N)C1CCN(Cc2coc3ccccc23)C1. The van der Waals surface area contributed by atoms with Crippen LogP contribution in [0, 0.1) is 5.92 Å². The molecule has 3 nitrogen and oxygen atoms in total. The minimum absolute atomic E-state index is 0.302. The molecule has 3 heteroatoms. The summed E-state index contributed by atoms with van der Waals surface area (Å²) in [5, 5.41) is 1.24. The quantitative estimate of drug-likeness (QED) is 0.902. The molecule has 18 heavy (non-hydrogen) atoms. The largest absolute Gasteiger partial charge is 0.464 e. The molecule has 0 aliphatic carbocycles. The van der Waals surface area contributed by atoms with Gasteiger partial charge in [-0.1, -0.05) is 18.2 Å². The van der Waals surface area contributed by atoms with Crippen molar-refractivity contribution in [1.82, 2.24) is 4.90 Å². The zero-order valence-electron chi connectivity index (χ0n) is 10.8. The van der Waals surface area contributed by atoms with Crippen molar-refractivity contribution < 1.29 is 4.42 Å². The van der Waals surface area contributed by atoms with Crippen LogP contribution in [0.5, 0.6) is 0 Å². The molecule has 0 spiro atoms. The number of para-hydroxylation sites is 1. The smallest absolute Gasteiger partial charge is 0.134 e. The molecule has 3 rings (SSSR count). The summed E-state index contributed by atoms with van der Waals surface area (Å²) in [7, 11) is 0. The van der Waals surface area contributed by atoms with Crippen molar-refractivity contribution in [3.05, 3.63) is 36.1 Å². The Morgan fingerprint density at radius 1 is 1.44 bits per heavy atom. The van der Waals surface area contributed by atoms with Gasteiger partial charge in [0.2, 0.25) is 0 Å². The van der Waals surface area contributed by atoms with Crippen LogP contribution in [0.2, 0.25) is 0 Å². The predicted molar refractivity (Wildman–Crippen MR) is 73.2 cm³/mol. The van der Waals surface area contributed by atoms with Gasteiger partial charge in [0.15, 0.2) is 0 Å². The van der Waals surface area contributed by atoms with Gasteiger partial charge in [-0.25, -0.2) is 0 Å². The van der Waals surface area contributed by atoms with Crippen LogP contribution in [0.25, 0.3) is 11.0 Å². The summed E-state index contributed by atoms with van der Waals surface area (Å²) >= 11 is 0. The van der Waals surface area contributed by atoms with Crippen molar-refractivity contribution in [3.63, 3.8) is 0 Å². The molecule has 2 unspecified atom stereocenters. The molecule has 1 aliphatic heterocycles. The summed E-state index contributed by atoms with van der Waals surface area (Å²) in [6.07, 6.45) is 3.11. The van der Waals surface area contributed by atoms with Crippen molar-refractivity contribution in [2.75, 3.05) is 13.1 Å². The fraction of sp³-hybridized carbons (Fsp3) is 0.467. The Morgan fingerprint density at radius 3 is 3.06 bits per heavy atom. The third kappa shape index (κ3) is 2.16. The van der Waals surface area contributed by atoms with E-state index in [1.165, 1.54) is 17.4 Å². The molecule has 2 heterocycles. The monoisotopic (exact) mass is 244 g/mol. The molecule has 2 atom stereocenters. The number of nitrogens with zero attached hydrogens (tertiary/aromatic N) is 1. The zero-order chi connectivity index (χ0) is 12.5. The second-order valence-electron chi connectivity index (χ2n) is 5.40. The van der Waals surface area contributed by atoms with Crippen LogP contribution in [0.4, 0.5) is 0 Å². The summed E-state index contributed by atoms with van der Waals surface area (Å²) < 4.78 is 5.58. The number of furan rings is 1. The zero-order valence-corrected chi connectivity index (χ0v) is 10.8. The maximum atomic E-state index is 5.98. The van der Waals surface area contributed by atoms with E-state index in [0.717, 1.165) is 25.2 Å². The van der Waals surface area contributed by atoms with Crippen LogP contribution in [-0.4, -0.2) is 24.0 Å². The third-order valence-electron chi connectivity index (χ3n) is 4.01. The summed E-state index contributed by atoms with van der Waals surface area (Å²) in [4.78, 5) is 2.48. The summed E-state index contributed by atoms with van der Waals surface area (Å²) in [6.45, 7) is 5.34. The highest BCUT2D eigenvalue weighted by atomic mass is 16.3. The Balaban J connectivity index is 1.74. The average molecular weight is 244 g/mol. The maximum Gasteiger partial charge on any atom is 0.134 e. The molecular formula is C15H20N2O. The molecular weight excluding hydrogens is 224 g/mol. The van der Waals surface area contributed by atoms with Gasteiger partial charge in [-0.15, -0.1) is 0 Å². The van der Waals surface area contributed by atoms with Gasteiger partial charge in [-0.3, -0.25) is 4.90 Å². The first-order valence-electron chi connectivity index (χ1n) is 6.67. The van der Waals surface area contributed by atoms with Gasteiger partial charge in [-0.2, -0.15) is 0 Å². The summed E-state index contributed by atoms with van der Waals surface area (Å²) in [5.74, 6) is 0.642. The molecule has 96 valence electrons. The summed E-state index contributed by atoms with van der Waals surface area (Å²) in [6, 6.07) is 8.53. The Morgan fingerprint density at radius 2 is 2.28 bits per heavy atom. The number of fused-ring (bicyclic) bond motifs is 1. The minimum atomic E-state index is 0.302. The fourth-order valence-electron chi connectivity index (χ4n) is 2.83. The standard InChI is InChI=1S/C15H20N2O/c1-11(16)12-6-7-17(8-12)9-13-10-18-15-5-3-2-4-14(13)15/h2-5,10-12H,6-9,16H2,1H3. The lowest BCUT2D eigenvalue weighted by atomic mass is 10.0. The van der Waals surface area contributed by atoms with E-state index in [1.54, 1.807) is 0 Å². The normalized spacial score (nSPS) is 22.7. The van der Waals surface area contributed by atoms with Crippen molar-refractivity contribution in [2.24, 2.45) is 11.7 Å². The highest BCUT2D eigenvalue weighted by Gasteiger charge is 2.25. The number of nitrogens with two attached hydrogens (primary N) is 1. The van der Waals surface area contributed by atoms with E-state index >= 15 is 0 Å². The molecule has 2 aromatic rings. The predicted octanol–water partition coefficient (Wildman–Crippen LogP) is 2.60. The van der Waals surface area contributed by atoms with Gasteiger partial charge in [0.1, 0.15) is 5.58 Å². The molecule has 0 bridgehead atoms. The molecule has 1 aromatic heterocycles. The van der Waals surface area contributed by atoms with Crippen LogP contribution < -0.4 is 5.73 Å². The minimum Gasteiger partial charge on any atom is -0.464 e. The van der Waals surface area contributed by atoms with E-state index in [4.69, 9.17) is 10.2 Å². The van der Waals surface area contributed by atoms with E-state index in [9.17, 15) is 0 Å². The second-order valence-corrected chi connectivity index (χ2v) is 5.40. The molecule has 0 radical (unpaired) electrons. The topological polar surface area (TPSA) is 42.4 Å². The van der Waals surface area contributed by atoms with Crippen LogP contribution in [-0.2, 0) is 6.54 Å². The Kier molecular flexibility index (Phi) is 3.10. The van der Waals surface area contributed by atoms with Gasteiger partial charge in [0.25, 0.3) is 0 Å². The number of hydrogen-bond acceptors (Lipinski definition) is 3. The van der Waals surface area contributed by atoms with Gasteiger partial charge in [0.05, 0.1) is 6.26 Å². The Labute approximate surface area is 108 Å². The van der Waals surface area contributed by atoms with E-state index in [2.05, 4.69) is 24.0 Å². The fourth-order valence-corrected chi connectivity index (χ4v) is 2.83. The molecule has 1 fully saturated rings. The van der Waals surface area contributed by atoms with Crippen molar-refractivity contribution in [2.45, 2.75) is 25.9 Å². The number of hydrogen-bond donors (Lipinski definition) is 1. The lowest BCUT2D eigenvalue weighted by Crippen LogP contribution is -2.29. The van der Waals surface area contributed by atoms with Gasteiger partial charge in [-0.05, 0) is 31.9 Å². The molecule has 1 aliphatic rings. The van der Waals surface area contributed by atoms with Crippen molar-refractivity contribution in [3.8, 4) is 0 Å². The third-order valence-corrected chi connectivity index (χ3v) is 4.01. The first-order chi connectivity index (χ1) is 8.74. The van der Waals surface area contributed by atoms with E-state index < -0.39 is 0 Å². The highest BCUT2D eigenvalue weighted by molar-refractivity contribution is 5.80. The Bertz CT molecular complexity index is 532. The van der Waals surface area contributed by atoms with E-state index in [-0.39, 0.29) is 0 Å². The average Bonchev–Trinajstić information content (AvgIpc) is 2.98. The summed E-state index contributed by atoms with van der Waals surface area (Å²) in [5.41, 5.74) is 8.25. The lowest BCUT2D eigenvalue weighted by Gasteiger charge is -2.17. The first-order valence-corrected chi connectivity index (χ1v) is 6.67. The van der Waals surface area contributed by atoms with Crippen LogP contribution in [0.3, 0.4) is 0 Å². The van der Waals surface area contributed by atoms with Crippen molar-refractivity contribution in [1.29, 1.82) is 0 Å². The number of rotatable bonds is 3. The number of likely N-dealkylation sites (tertiary alicyclic amines) is 1. The highest BCUT2D eigenvalue weighted by Crippen LogP contribution is 2.25. The maximum absolute atomic E-state index is 5.98. The van der Waals surface area contributed by atoms with Crippen molar-refractivity contribution >= 4 is 11.0 Å².